The fourth-order valence-electron chi connectivity index (χ4n) is 4.24. The van der Waals surface area contributed by atoms with E-state index in [0.717, 1.165) is 12.8 Å². The molecule has 1 amide bonds. The highest BCUT2D eigenvalue weighted by Gasteiger charge is 2.44. The van der Waals surface area contributed by atoms with Gasteiger partial charge < -0.3 is 10.0 Å². The highest BCUT2D eigenvalue weighted by Crippen LogP contribution is 2.39. The quantitative estimate of drug-likeness (QED) is 0.876. The van der Waals surface area contributed by atoms with Gasteiger partial charge in [0.1, 0.15) is 0 Å². The molecule has 6 heteroatoms. The zero-order valence-electron chi connectivity index (χ0n) is 15.3. The van der Waals surface area contributed by atoms with E-state index < -0.39 is 17.3 Å². The number of amides is 1. The lowest BCUT2D eigenvalue weighted by molar-refractivity contribution is -0.151. The van der Waals surface area contributed by atoms with Crippen molar-refractivity contribution in [1.82, 2.24) is 4.90 Å². The second-order valence-electron chi connectivity index (χ2n) is 8.23. The van der Waals surface area contributed by atoms with Crippen molar-refractivity contribution in [3.05, 3.63) is 34.9 Å². The Morgan fingerprint density at radius 2 is 1.88 bits per heavy atom. The Labute approximate surface area is 152 Å². The molecule has 26 heavy (non-hydrogen) atoms. The van der Waals surface area contributed by atoms with Crippen molar-refractivity contribution in [2.75, 3.05) is 13.1 Å². The summed E-state index contributed by atoms with van der Waals surface area (Å²) in [5.41, 5.74) is -0.300. The van der Waals surface area contributed by atoms with Crippen molar-refractivity contribution < 1.29 is 23.1 Å². The van der Waals surface area contributed by atoms with Crippen LogP contribution in [0.4, 0.5) is 13.2 Å². The number of carbonyl (C=O) groups is 1. The first-order valence-electron chi connectivity index (χ1n) is 9.23. The molecule has 0 bridgehead atoms. The highest BCUT2D eigenvalue weighted by atomic mass is 19.4. The summed E-state index contributed by atoms with van der Waals surface area (Å²) in [5.74, 6) is 0.143. The molecular formula is C20H26F3NO2. The Hall–Kier alpha value is -1.56. The van der Waals surface area contributed by atoms with E-state index in [9.17, 15) is 23.1 Å². The minimum absolute atomic E-state index is 0.0845. The third kappa shape index (κ3) is 4.22. The third-order valence-electron chi connectivity index (χ3n) is 5.73. The van der Waals surface area contributed by atoms with E-state index in [2.05, 4.69) is 0 Å². The van der Waals surface area contributed by atoms with E-state index in [0.29, 0.717) is 43.5 Å². The second kappa shape index (κ2) is 6.87. The number of aliphatic hydroxyl groups is 1. The predicted molar refractivity (Wildman–Crippen MR) is 92.5 cm³/mol. The number of nitrogens with zero attached hydrogens (tertiary/aromatic N) is 1. The number of hydrogen-bond acceptors (Lipinski definition) is 2. The predicted octanol–water partition coefficient (Wildman–Crippen LogP) is 3.96. The van der Waals surface area contributed by atoms with Crippen LogP contribution in [0.25, 0.3) is 0 Å². The Bertz CT molecular complexity index is 668. The first-order chi connectivity index (χ1) is 12.0. The molecule has 1 aliphatic heterocycles. The largest absolute Gasteiger partial charge is 0.416 e. The average Bonchev–Trinajstić information content (AvgIpc) is 2.53. The van der Waals surface area contributed by atoms with Gasteiger partial charge in [-0.25, -0.2) is 0 Å². The Balaban J connectivity index is 1.57. The maximum atomic E-state index is 13.3. The summed E-state index contributed by atoms with van der Waals surface area (Å²) < 4.78 is 39.8. The molecule has 0 aromatic heterocycles. The number of hydrogen-bond donors (Lipinski definition) is 1. The van der Waals surface area contributed by atoms with E-state index in [4.69, 9.17) is 0 Å². The molecule has 3 nitrogen and oxygen atoms in total. The topological polar surface area (TPSA) is 40.5 Å². The molecule has 144 valence electrons. The number of halogens is 3. The standard InChI is InChI=1S/C20H26F3NO2/c1-13-3-4-15(17(9-13)20(21,22)23)10-14-5-7-24(8-6-14)18(25)16-11-19(2,26)12-16/h3-4,9,14,16,26H,5-8,10-12H2,1-2H3/t16-,19+. The normalized spacial score (nSPS) is 27.3. The molecule has 2 fully saturated rings. The zero-order chi connectivity index (χ0) is 19.1. The highest BCUT2D eigenvalue weighted by molar-refractivity contribution is 5.80. The number of rotatable bonds is 3. The van der Waals surface area contributed by atoms with Crippen LogP contribution in [0.5, 0.6) is 0 Å². The zero-order valence-corrected chi connectivity index (χ0v) is 15.3. The number of aryl methyl sites for hydroxylation is 1. The molecule has 3 rings (SSSR count). The fraction of sp³-hybridized carbons (Fsp3) is 0.650. The first-order valence-corrected chi connectivity index (χ1v) is 9.23. The van der Waals surface area contributed by atoms with Crippen molar-refractivity contribution >= 4 is 5.91 Å². The van der Waals surface area contributed by atoms with E-state index in [1.165, 1.54) is 6.07 Å². The van der Waals surface area contributed by atoms with E-state index in [1.807, 2.05) is 4.90 Å². The Kier molecular flexibility index (Phi) is 5.08. The average molecular weight is 369 g/mol. The lowest BCUT2D eigenvalue weighted by Gasteiger charge is -2.43. The molecule has 1 saturated heterocycles. The van der Waals surface area contributed by atoms with E-state index in [-0.39, 0.29) is 17.7 Å². The Morgan fingerprint density at radius 3 is 2.42 bits per heavy atom. The molecule has 1 aliphatic carbocycles. The lowest BCUT2D eigenvalue weighted by Crippen LogP contribution is -2.51. The molecule has 0 spiro atoms. The number of alkyl halides is 3. The number of benzene rings is 1. The molecule has 0 atom stereocenters. The summed E-state index contributed by atoms with van der Waals surface area (Å²) in [5, 5.41) is 9.79. The van der Waals surface area contributed by atoms with Crippen molar-refractivity contribution in [3.8, 4) is 0 Å². The van der Waals surface area contributed by atoms with Crippen molar-refractivity contribution in [1.29, 1.82) is 0 Å². The number of piperidine rings is 1. The van der Waals surface area contributed by atoms with E-state index >= 15 is 0 Å². The number of carbonyl (C=O) groups excluding carboxylic acids is 1. The second-order valence-corrected chi connectivity index (χ2v) is 8.23. The summed E-state index contributed by atoms with van der Waals surface area (Å²) in [6, 6.07) is 4.54. The Morgan fingerprint density at radius 1 is 1.27 bits per heavy atom. The SMILES string of the molecule is Cc1ccc(CC2CCN(C(=O)[C@H]3C[C@@](C)(O)C3)CC2)c(C(F)(F)F)c1. The smallest absolute Gasteiger partial charge is 0.390 e. The minimum atomic E-state index is -4.33. The van der Waals surface area contributed by atoms with Crippen molar-refractivity contribution in [2.24, 2.45) is 11.8 Å². The van der Waals surface area contributed by atoms with Crippen LogP contribution in [-0.4, -0.2) is 34.6 Å². The van der Waals surface area contributed by atoms with Gasteiger partial charge in [0.05, 0.1) is 11.2 Å². The van der Waals surface area contributed by atoms with Crippen LogP contribution >= 0.6 is 0 Å². The molecule has 1 aromatic carbocycles. The summed E-state index contributed by atoms with van der Waals surface area (Å²) >= 11 is 0. The summed E-state index contributed by atoms with van der Waals surface area (Å²) in [6.07, 6.45) is -1.48. The molecule has 1 N–H and O–H groups in total. The molecular weight excluding hydrogens is 343 g/mol. The summed E-state index contributed by atoms with van der Waals surface area (Å²) in [7, 11) is 0. The molecule has 0 radical (unpaired) electrons. The monoisotopic (exact) mass is 369 g/mol. The molecule has 1 aromatic rings. The van der Waals surface area contributed by atoms with Gasteiger partial charge in [0.2, 0.25) is 5.91 Å². The van der Waals surface area contributed by atoms with Crippen LogP contribution in [0, 0.1) is 18.8 Å². The van der Waals surface area contributed by atoms with Crippen LogP contribution in [0.1, 0.15) is 49.3 Å². The summed E-state index contributed by atoms with van der Waals surface area (Å²) in [6.45, 7) is 4.59. The van der Waals surface area contributed by atoms with Crippen LogP contribution in [0.15, 0.2) is 18.2 Å². The van der Waals surface area contributed by atoms with Gasteiger partial charge in [0.15, 0.2) is 0 Å². The summed E-state index contributed by atoms with van der Waals surface area (Å²) in [4.78, 5) is 14.2. The maximum absolute atomic E-state index is 13.3. The molecule has 1 saturated carbocycles. The molecule has 1 heterocycles. The third-order valence-corrected chi connectivity index (χ3v) is 5.73. The van der Waals surface area contributed by atoms with Gasteiger partial charge in [0, 0.05) is 19.0 Å². The van der Waals surface area contributed by atoms with Gasteiger partial charge in [-0.2, -0.15) is 13.2 Å². The van der Waals surface area contributed by atoms with Gasteiger partial charge in [0.25, 0.3) is 0 Å². The molecule has 2 aliphatic rings. The van der Waals surface area contributed by atoms with Gasteiger partial charge in [-0.05, 0) is 63.5 Å². The van der Waals surface area contributed by atoms with Crippen molar-refractivity contribution in [3.63, 3.8) is 0 Å². The van der Waals surface area contributed by atoms with Crippen molar-refractivity contribution in [2.45, 2.75) is 57.7 Å². The van der Waals surface area contributed by atoms with Crippen LogP contribution in [0.2, 0.25) is 0 Å². The van der Waals surface area contributed by atoms with Gasteiger partial charge in [-0.3, -0.25) is 4.79 Å². The number of likely N-dealkylation sites (tertiary alicyclic amines) is 1. The van der Waals surface area contributed by atoms with Crippen LogP contribution in [0.3, 0.4) is 0 Å². The van der Waals surface area contributed by atoms with E-state index in [1.54, 1.807) is 26.0 Å². The fourth-order valence-corrected chi connectivity index (χ4v) is 4.24. The van der Waals surface area contributed by atoms with Crippen LogP contribution in [-0.2, 0) is 17.4 Å². The maximum Gasteiger partial charge on any atom is 0.416 e. The minimum Gasteiger partial charge on any atom is -0.390 e. The lowest BCUT2D eigenvalue weighted by atomic mass is 9.71. The van der Waals surface area contributed by atoms with Gasteiger partial charge >= 0.3 is 6.18 Å². The van der Waals surface area contributed by atoms with Crippen LogP contribution < -0.4 is 0 Å². The van der Waals surface area contributed by atoms with Gasteiger partial charge in [-0.15, -0.1) is 0 Å². The first kappa shape index (κ1) is 19.2. The molecule has 0 unspecified atom stereocenters. The van der Waals surface area contributed by atoms with Gasteiger partial charge in [-0.1, -0.05) is 17.7 Å².